The molecule has 0 fully saturated rings. The van der Waals surface area contributed by atoms with Crippen molar-refractivity contribution >= 4 is 16.8 Å². The number of hydrogen-bond acceptors (Lipinski definition) is 3. The first kappa shape index (κ1) is 17.2. The summed E-state index contributed by atoms with van der Waals surface area (Å²) >= 11 is 0. The molecule has 3 aromatic rings. The van der Waals surface area contributed by atoms with Crippen LogP contribution in [0.4, 0.5) is 0 Å². The molecule has 0 spiro atoms. The van der Waals surface area contributed by atoms with Crippen LogP contribution in [-0.2, 0) is 13.1 Å². The maximum Gasteiger partial charge on any atom is 0.274 e. The van der Waals surface area contributed by atoms with E-state index < -0.39 is 5.91 Å². The fourth-order valence-electron chi connectivity index (χ4n) is 3.23. The van der Waals surface area contributed by atoms with Crippen LogP contribution in [0.3, 0.4) is 0 Å². The molecule has 0 aliphatic heterocycles. The highest BCUT2D eigenvalue weighted by molar-refractivity contribution is 5.93. The van der Waals surface area contributed by atoms with Gasteiger partial charge < -0.3 is 9.47 Å². The van der Waals surface area contributed by atoms with Crippen LogP contribution >= 0.6 is 0 Å². The number of carbonyl (C=O) groups is 1. The molecule has 2 N–H and O–H groups in total. The number of hydroxylamine groups is 1. The van der Waals surface area contributed by atoms with Gasteiger partial charge in [-0.15, -0.1) is 0 Å². The lowest BCUT2D eigenvalue weighted by Gasteiger charge is -2.12. The number of nitrogens with zero attached hydrogens (tertiary/aromatic N) is 2. The molecule has 2 aromatic carbocycles. The molecular formula is C20H23N3O2. The number of benzene rings is 2. The Morgan fingerprint density at radius 1 is 1.12 bits per heavy atom. The van der Waals surface area contributed by atoms with Crippen LogP contribution in [0.15, 0.2) is 48.5 Å². The van der Waals surface area contributed by atoms with Gasteiger partial charge in [-0.05, 0) is 50.3 Å². The summed E-state index contributed by atoms with van der Waals surface area (Å²) < 4.78 is 2.31. The van der Waals surface area contributed by atoms with Gasteiger partial charge in [-0.25, -0.2) is 5.48 Å². The van der Waals surface area contributed by atoms with Crippen molar-refractivity contribution in [3.63, 3.8) is 0 Å². The smallest absolute Gasteiger partial charge is 0.274 e. The van der Waals surface area contributed by atoms with Crippen molar-refractivity contribution in [3.05, 3.63) is 70.9 Å². The zero-order chi connectivity index (χ0) is 18.0. The van der Waals surface area contributed by atoms with Gasteiger partial charge in [-0.2, -0.15) is 0 Å². The number of rotatable bonds is 5. The average molecular weight is 337 g/mol. The number of amides is 1. The molecule has 0 saturated carbocycles. The van der Waals surface area contributed by atoms with E-state index in [4.69, 9.17) is 5.21 Å². The highest BCUT2D eigenvalue weighted by Crippen LogP contribution is 2.27. The average Bonchev–Trinajstić information content (AvgIpc) is 2.87. The monoisotopic (exact) mass is 337 g/mol. The molecule has 1 aromatic heterocycles. The molecule has 0 unspecified atom stereocenters. The molecule has 0 bridgehead atoms. The molecule has 130 valence electrons. The summed E-state index contributed by atoms with van der Waals surface area (Å²) in [6, 6.07) is 15.8. The van der Waals surface area contributed by atoms with Crippen LogP contribution in [0.1, 0.15) is 27.2 Å². The summed E-state index contributed by atoms with van der Waals surface area (Å²) in [4.78, 5) is 13.6. The van der Waals surface area contributed by atoms with E-state index in [0.717, 1.165) is 18.7 Å². The third kappa shape index (κ3) is 3.43. The summed E-state index contributed by atoms with van der Waals surface area (Å²) in [5.74, 6) is -0.498. The van der Waals surface area contributed by atoms with Gasteiger partial charge in [0.15, 0.2) is 0 Å². The highest BCUT2D eigenvalue weighted by atomic mass is 16.5. The number of aromatic nitrogens is 1. The Hall–Kier alpha value is -2.63. The Labute approximate surface area is 147 Å². The van der Waals surface area contributed by atoms with Crippen LogP contribution in [-0.4, -0.2) is 34.7 Å². The van der Waals surface area contributed by atoms with E-state index in [1.165, 1.54) is 22.2 Å². The maximum atomic E-state index is 11.4. The lowest BCUT2D eigenvalue weighted by molar-refractivity contribution is 0.0706. The molecule has 0 saturated heterocycles. The van der Waals surface area contributed by atoms with E-state index in [1.807, 2.05) is 12.1 Å². The number of fused-ring (bicyclic) bond motifs is 1. The molecule has 0 atom stereocenters. The van der Waals surface area contributed by atoms with Crippen LogP contribution < -0.4 is 5.48 Å². The second-order valence-electron chi connectivity index (χ2n) is 6.54. The van der Waals surface area contributed by atoms with Gasteiger partial charge in [0.05, 0.1) is 0 Å². The fourth-order valence-corrected chi connectivity index (χ4v) is 3.23. The Bertz CT molecular complexity index is 895. The Morgan fingerprint density at radius 2 is 1.80 bits per heavy atom. The number of nitrogens with one attached hydrogen (secondary N) is 1. The molecule has 1 amide bonds. The first-order valence-corrected chi connectivity index (χ1v) is 8.26. The van der Waals surface area contributed by atoms with Crippen molar-refractivity contribution in [1.29, 1.82) is 0 Å². The van der Waals surface area contributed by atoms with E-state index in [1.54, 1.807) is 17.6 Å². The SMILES string of the molecule is Cc1c(CN(C)C)c2ccccc2n1Cc1ccc(C(=O)NO)cc1. The predicted molar refractivity (Wildman–Crippen MR) is 98.9 cm³/mol. The minimum atomic E-state index is -0.498. The van der Waals surface area contributed by atoms with Crippen molar-refractivity contribution < 1.29 is 10.0 Å². The first-order valence-electron chi connectivity index (χ1n) is 8.26. The molecule has 3 rings (SSSR count). The summed E-state index contributed by atoms with van der Waals surface area (Å²) in [6.07, 6.45) is 0. The van der Waals surface area contributed by atoms with Gasteiger partial charge in [0.25, 0.3) is 5.91 Å². The molecule has 0 aliphatic carbocycles. The van der Waals surface area contributed by atoms with Gasteiger partial charge >= 0.3 is 0 Å². The molecule has 5 heteroatoms. The quantitative estimate of drug-likeness (QED) is 0.555. The minimum absolute atomic E-state index is 0.439. The van der Waals surface area contributed by atoms with E-state index >= 15 is 0 Å². The predicted octanol–water partition coefficient (Wildman–Crippen LogP) is 3.18. The molecule has 5 nitrogen and oxygen atoms in total. The third-order valence-electron chi connectivity index (χ3n) is 4.49. The Kier molecular flexibility index (Phi) is 4.88. The van der Waals surface area contributed by atoms with Crippen LogP contribution in [0.25, 0.3) is 10.9 Å². The summed E-state index contributed by atoms with van der Waals surface area (Å²) in [6.45, 7) is 3.79. The molecule has 1 heterocycles. The van der Waals surface area contributed by atoms with Crippen LogP contribution in [0.5, 0.6) is 0 Å². The van der Waals surface area contributed by atoms with Gasteiger partial charge in [0, 0.05) is 35.2 Å². The minimum Gasteiger partial charge on any atom is -0.340 e. The summed E-state index contributed by atoms with van der Waals surface area (Å²) in [5.41, 5.74) is 7.02. The van der Waals surface area contributed by atoms with Crippen molar-refractivity contribution in [1.82, 2.24) is 14.9 Å². The normalized spacial score (nSPS) is 11.2. The van der Waals surface area contributed by atoms with Crippen molar-refractivity contribution in [2.24, 2.45) is 0 Å². The van der Waals surface area contributed by atoms with Crippen LogP contribution in [0.2, 0.25) is 0 Å². The second-order valence-corrected chi connectivity index (χ2v) is 6.54. The topological polar surface area (TPSA) is 57.5 Å². The van der Waals surface area contributed by atoms with E-state index in [-0.39, 0.29) is 0 Å². The number of para-hydroxylation sites is 1. The molecule has 0 radical (unpaired) electrons. The highest BCUT2D eigenvalue weighted by Gasteiger charge is 2.14. The number of carbonyl (C=O) groups excluding carboxylic acids is 1. The van der Waals surface area contributed by atoms with Crippen LogP contribution in [0, 0.1) is 6.92 Å². The zero-order valence-electron chi connectivity index (χ0n) is 14.8. The van der Waals surface area contributed by atoms with E-state index in [0.29, 0.717) is 5.56 Å². The lowest BCUT2D eigenvalue weighted by Crippen LogP contribution is -2.18. The van der Waals surface area contributed by atoms with Crippen molar-refractivity contribution in [3.8, 4) is 0 Å². The van der Waals surface area contributed by atoms with Crippen molar-refractivity contribution in [2.75, 3.05) is 14.1 Å². The van der Waals surface area contributed by atoms with Gasteiger partial charge in [0.1, 0.15) is 0 Å². The summed E-state index contributed by atoms with van der Waals surface area (Å²) in [7, 11) is 4.16. The Morgan fingerprint density at radius 3 is 2.44 bits per heavy atom. The third-order valence-corrected chi connectivity index (χ3v) is 4.49. The fraction of sp³-hybridized carbons (Fsp3) is 0.250. The zero-order valence-corrected chi connectivity index (χ0v) is 14.8. The van der Waals surface area contributed by atoms with Gasteiger partial charge in [0.2, 0.25) is 0 Å². The van der Waals surface area contributed by atoms with Gasteiger partial charge in [-0.3, -0.25) is 10.0 Å². The first-order chi connectivity index (χ1) is 12.0. The molecule has 0 aliphatic rings. The summed E-state index contributed by atoms with van der Waals surface area (Å²) in [5, 5.41) is 10.00. The second kappa shape index (κ2) is 7.09. The maximum absolute atomic E-state index is 11.4. The standard InChI is InChI=1S/C20H23N3O2/c1-14-18(13-22(2)3)17-6-4-5-7-19(17)23(14)12-15-8-10-16(11-9-15)20(24)21-25/h4-11,25H,12-13H2,1-3H3,(H,21,24). The van der Waals surface area contributed by atoms with Gasteiger partial charge in [-0.1, -0.05) is 30.3 Å². The van der Waals surface area contributed by atoms with E-state index in [9.17, 15) is 4.79 Å². The van der Waals surface area contributed by atoms with E-state index in [2.05, 4.69) is 54.8 Å². The largest absolute Gasteiger partial charge is 0.340 e. The molecule has 25 heavy (non-hydrogen) atoms. The lowest BCUT2D eigenvalue weighted by atomic mass is 10.1. The number of hydrogen-bond donors (Lipinski definition) is 2. The van der Waals surface area contributed by atoms with Crippen molar-refractivity contribution in [2.45, 2.75) is 20.0 Å². The molecular weight excluding hydrogens is 314 g/mol. The Balaban J connectivity index is 1.98.